The zero-order chi connectivity index (χ0) is 12.4. The van der Waals surface area contributed by atoms with Gasteiger partial charge in [-0.15, -0.1) is 5.10 Å². The first kappa shape index (κ1) is 11.1. The SMILES string of the molecule is Brc1ccc2c(Oc3ccccc3)nnnc2c1. The second-order valence-corrected chi connectivity index (χ2v) is 4.59. The van der Waals surface area contributed by atoms with E-state index in [0.717, 1.165) is 21.1 Å². The fraction of sp³-hybridized carbons (Fsp3) is 0. The summed E-state index contributed by atoms with van der Waals surface area (Å²) in [6.45, 7) is 0. The summed E-state index contributed by atoms with van der Waals surface area (Å²) in [5.74, 6) is 1.18. The van der Waals surface area contributed by atoms with Crippen molar-refractivity contribution in [1.82, 2.24) is 15.4 Å². The summed E-state index contributed by atoms with van der Waals surface area (Å²) in [5, 5.41) is 12.4. The number of nitrogens with zero attached hydrogens (tertiary/aromatic N) is 3. The predicted octanol–water partition coefficient (Wildman–Crippen LogP) is 3.58. The van der Waals surface area contributed by atoms with E-state index in [1.54, 1.807) is 0 Å². The quantitative estimate of drug-likeness (QED) is 0.726. The second-order valence-electron chi connectivity index (χ2n) is 3.67. The number of benzene rings is 2. The molecule has 3 rings (SSSR count). The molecule has 2 aromatic carbocycles. The summed E-state index contributed by atoms with van der Waals surface area (Å²) in [5.41, 5.74) is 0.741. The van der Waals surface area contributed by atoms with Crippen LogP contribution in [0.1, 0.15) is 0 Å². The number of halogens is 1. The molecule has 0 aliphatic rings. The van der Waals surface area contributed by atoms with Crippen molar-refractivity contribution in [2.75, 3.05) is 0 Å². The Labute approximate surface area is 112 Å². The van der Waals surface area contributed by atoms with Crippen LogP contribution in [0, 0.1) is 0 Å². The molecule has 0 N–H and O–H groups in total. The molecule has 0 spiro atoms. The molecule has 0 amide bonds. The first-order chi connectivity index (χ1) is 8.83. The Bertz CT molecular complexity index is 688. The average molecular weight is 302 g/mol. The first-order valence-corrected chi connectivity index (χ1v) is 6.14. The molecule has 0 saturated carbocycles. The van der Waals surface area contributed by atoms with Crippen LogP contribution < -0.4 is 4.74 Å². The minimum absolute atomic E-state index is 0.457. The predicted molar refractivity (Wildman–Crippen MR) is 71.5 cm³/mol. The van der Waals surface area contributed by atoms with Gasteiger partial charge in [0.2, 0.25) is 5.88 Å². The number of hydrogen-bond acceptors (Lipinski definition) is 4. The number of aromatic nitrogens is 3. The van der Waals surface area contributed by atoms with Gasteiger partial charge >= 0.3 is 0 Å². The lowest BCUT2D eigenvalue weighted by Crippen LogP contribution is -1.94. The van der Waals surface area contributed by atoms with Crippen molar-refractivity contribution in [1.29, 1.82) is 0 Å². The molecule has 0 bridgehead atoms. The van der Waals surface area contributed by atoms with Gasteiger partial charge in [0.1, 0.15) is 11.3 Å². The molecule has 18 heavy (non-hydrogen) atoms. The van der Waals surface area contributed by atoms with Crippen molar-refractivity contribution in [2.24, 2.45) is 0 Å². The fourth-order valence-electron chi connectivity index (χ4n) is 1.61. The van der Waals surface area contributed by atoms with Gasteiger partial charge in [-0.3, -0.25) is 0 Å². The maximum Gasteiger partial charge on any atom is 0.250 e. The van der Waals surface area contributed by atoms with E-state index in [9.17, 15) is 0 Å². The molecule has 0 aliphatic heterocycles. The third-order valence-corrected chi connectivity index (χ3v) is 2.93. The summed E-state index contributed by atoms with van der Waals surface area (Å²) < 4.78 is 6.65. The maximum absolute atomic E-state index is 5.70. The highest BCUT2D eigenvalue weighted by Crippen LogP contribution is 2.27. The number of para-hydroxylation sites is 1. The molecule has 1 aromatic heterocycles. The van der Waals surface area contributed by atoms with Crippen molar-refractivity contribution in [3.63, 3.8) is 0 Å². The standard InChI is InChI=1S/C13H8BrN3O/c14-9-6-7-11-12(8-9)15-17-16-13(11)18-10-4-2-1-3-5-10/h1-8H. The molecule has 1 heterocycles. The van der Waals surface area contributed by atoms with Crippen LogP contribution in [0.15, 0.2) is 53.0 Å². The van der Waals surface area contributed by atoms with Crippen LogP contribution in [0.5, 0.6) is 11.6 Å². The monoisotopic (exact) mass is 301 g/mol. The van der Waals surface area contributed by atoms with Crippen LogP contribution in [0.25, 0.3) is 10.9 Å². The molecule has 0 atom stereocenters. The van der Waals surface area contributed by atoms with Gasteiger partial charge in [-0.1, -0.05) is 39.2 Å². The molecule has 0 saturated heterocycles. The number of hydrogen-bond donors (Lipinski definition) is 0. The zero-order valence-electron chi connectivity index (χ0n) is 9.25. The highest BCUT2D eigenvalue weighted by Gasteiger charge is 2.07. The van der Waals surface area contributed by atoms with Crippen LogP contribution in [0.4, 0.5) is 0 Å². The highest BCUT2D eigenvalue weighted by atomic mass is 79.9. The molecule has 0 fully saturated rings. The van der Waals surface area contributed by atoms with Gasteiger partial charge < -0.3 is 4.74 Å². The maximum atomic E-state index is 5.70. The van der Waals surface area contributed by atoms with Crippen LogP contribution >= 0.6 is 15.9 Å². The smallest absolute Gasteiger partial charge is 0.250 e. The normalized spacial score (nSPS) is 10.5. The molecule has 3 aromatic rings. The van der Waals surface area contributed by atoms with Crippen LogP contribution in [-0.2, 0) is 0 Å². The van der Waals surface area contributed by atoms with E-state index in [1.165, 1.54) is 0 Å². The summed E-state index contributed by atoms with van der Waals surface area (Å²) in [7, 11) is 0. The fourth-order valence-corrected chi connectivity index (χ4v) is 1.96. The Morgan fingerprint density at radius 1 is 0.944 bits per heavy atom. The Balaban J connectivity index is 2.07. The van der Waals surface area contributed by atoms with Gasteiger partial charge in [-0.2, -0.15) is 0 Å². The molecular formula is C13H8BrN3O. The van der Waals surface area contributed by atoms with Crippen LogP contribution in [0.2, 0.25) is 0 Å². The van der Waals surface area contributed by atoms with E-state index in [2.05, 4.69) is 31.3 Å². The van der Waals surface area contributed by atoms with Crippen LogP contribution in [-0.4, -0.2) is 15.4 Å². The summed E-state index contributed by atoms with van der Waals surface area (Å²) in [4.78, 5) is 0. The van der Waals surface area contributed by atoms with E-state index < -0.39 is 0 Å². The topological polar surface area (TPSA) is 47.9 Å². The first-order valence-electron chi connectivity index (χ1n) is 5.34. The highest BCUT2D eigenvalue weighted by molar-refractivity contribution is 9.10. The van der Waals surface area contributed by atoms with Crippen molar-refractivity contribution < 1.29 is 4.74 Å². The van der Waals surface area contributed by atoms with Crippen molar-refractivity contribution in [3.05, 3.63) is 53.0 Å². The third-order valence-electron chi connectivity index (χ3n) is 2.44. The Morgan fingerprint density at radius 2 is 1.78 bits per heavy atom. The lowest BCUT2D eigenvalue weighted by atomic mass is 10.2. The number of rotatable bonds is 2. The number of fused-ring (bicyclic) bond motifs is 1. The van der Waals surface area contributed by atoms with E-state index >= 15 is 0 Å². The van der Waals surface area contributed by atoms with Gasteiger partial charge in [-0.05, 0) is 35.5 Å². The largest absolute Gasteiger partial charge is 0.437 e. The van der Waals surface area contributed by atoms with Crippen molar-refractivity contribution in [2.45, 2.75) is 0 Å². The summed E-state index contributed by atoms with van der Waals surface area (Å²) in [6.07, 6.45) is 0. The van der Waals surface area contributed by atoms with E-state index in [4.69, 9.17) is 4.74 Å². The zero-order valence-corrected chi connectivity index (χ0v) is 10.8. The minimum atomic E-state index is 0.457. The molecule has 4 nitrogen and oxygen atoms in total. The van der Waals surface area contributed by atoms with Gasteiger partial charge in [0.15, 0.2) is 0 Å². The second kappa shape index (κ2) is 4.70. The minimum Gasteiger partial charge on any atom is -0.437 e. The van der Waals surface area contributed by atoms with E-state index in [0.29, 0.717) is 5.88 Å². The molecule has 0 radical (unpaired) electrons. The molecule has 5 heteroatoms. The van der Waals surface area contributed by atoms with Gasteiger partial charge in [0.25, 0.3) is 0 Å². The Hall–Kier alpha value is -2.01. The molecular weight excluding hydrogens is 294 g/mol. The van der Waals surface area contributed by atoms with E-state index in [-0.39, 0.29) is 0 Å². The van der Waals surface area contributed by atoms with Gasteiger partial charge in [0.05, 0.1) is 5.39 Å². The molecule has 0 aliphatic carbocycles. The van der Waals surface area contributed by atoms with Gasteiger partial charge in [0, 0.05) is 4.47 Å². The molecule has 88 valence electrons. The van der Waals surface area contributed by atoms with Crippen molar-refractivity contribution in [3.8, 4) is 11.6 Å². The summed E-state index contributed by atoms with van der Waals surface area (Å²) >= 11 is 3.39. The Kier molecular flexibility index (Phi) is 2.90. The van der Waals surface area contributed by atoms with Gasteiger partial charge in [-0.25, -0.2) is 0 Å². The van der Waals surface area contributed by atoms with E-state index in [1.807, 2.05) is 48.5 Å². The third kappa shape index (κ3) is 2.17. The lowest BCUT2D eigenvalue weighted by molar-refractivity contribution is 0.458. The average Bonchev–Trinajstić information content (AvgIpc) is 2.40. The number of ether oxygens (including phenoxy) is 1. The summed E-state index contributed by atoms with van der Waals surface area (Å²) in [6, 6.07) is 15.2. The van der Waals surface area contributed by atoms with Crippen LogP contribution in [0.3, 0.4) is 0 Å². The Morgan fingerprint density at radius 3 is 2.61 bits per heavy atom. The lowest BCUT2D eigenvalue weighted by Gasteiger charge is -2.05. The van der Waals surface area contributed by atoms with Crippen molar-refractivity contribution >= 4 is 26.8 Å². The molecule has 0 unspecified atom stereocenters.